The van der Waals surface area contributed by atoms with E-state index in [4.69, 9.17) is 4.74 Å². The normalized spacial score (nSPS) is 12.4. The average molecular weight is 271 g/mol. The molecule has 0 saturated heterocycles. The van der Waals surface area contributed by atoms with Gasteiger partial charge in [-0.3, -0.25) is 0 Å². The lowest BCUT2D eigenvalue weighted by molar-refractivity contribution is 0.291. The zero-order valence-corrected chi connectivity index (χ0v) is 12.2. The van der Waals surface area contributed by atoms with Crippen LogP contribution < -0.4 is 10.1 Å². The molecule has 0 amide bonds. The molecule has 0 radical (unpaired) electrons. The summed E-state index contributed by atoms with van der Waals surface area (Å²) in [5, 5.41) is 3.31. The van der Waals surface area contributed by atoms with Crippen LogP contribution in [0.2, 0.25) is 0 Å². The van der Waals surface area contributed by atoms with E-state index in [1.807, 2.05) is 0 Å². The largest absolute Gasteiger partial charge is 0.492 e. The Morgan fingerprint density at radius 1 is 1.17 bits per heavy atom. The third kappa shape index (κ3) is 5.51. The van der Waals surface area contributed by atoms with Gasteiger partial charge in [0.1, 0.15) is 12.4 Å². The minimum atomic E-state index is -3.13. The highest BCUT2D eigenvalue weighted by Crippen LogP contribution is 2.15. The molecule has 0 aromatic heterocycles. The molecule has 1 rings (SSSR count). The van der Waals surface area contributed by atoms with Crippen molar-refractivity contribution in [3.63, 3.8) is 0 Å². The Balaban J connectivity index is 2.45. The van der Waals surface area contributed by atoms with Crippen LogP contribution in [0.3, 0.4) is 0 Å². The average Bonchev–Trinajstić information content (AvgIpc) is 2.22. The smallest absolute Gasteiger partial charge is 0.175 e. The van der Waals surface area contributed by atoms with Crippen LogP contribution >= 0.6 is 0 Å². The summed E-state index contributed by atoms with van der Waals surface area (Å²) < 4.78 is 28.0. The fourth-order valence-electron chi connectivity index (χ4n) is 1.38. The Hall–Kier alpha value is -1.07. The van der Waals surface area contributed by atoms with E-state index in [2.05, 4.69) is 26.1 Å². The second kappa shape index (κ2) is 5.71. The number of benzene rings is 1. The van der Waals surface area contributed by atoms with E-state index in [0.717, 1.165) is 6.54 Å². The quantitative estimate of drug-likeness (QED) is 0.831. The Morgan fingerprint density at radius 3 is 2.17 bits per heavy atom. The number of nitrogens with one attached hydrogen (secondary N) is 1. The lowest BCUT2D eigenvalue weighted by atomic mass is 10.1. The lowest BCUT2D eigenvalue weighted by Gasteiger charge is -2.20. The van der Waals surface area contributed by atoms with Crippen molar-refractivity contribution in [2.45, 2.75) is 31.2 Å². The molecule has 0 aliphatic heterocycles. The highest BCUT2D eigenvalue weighted by atomic mass is 32.2. The Kier molecular flexibility index (Phi) is 4.76. The van der Waals surface area contributed by atoms with Gasteiger partial charge in [0.25, 0.3) is 0 Å². The molecular formula is C13H21NO3S. The fourth-order valence-corrected chi connectivity index (χ4v) is 2.01. The maximum Gasteiger partial charge on any atom is 0.175 e. The van der Waals surface area contributed by atoms with Gasteiger partial charge in [0.15, 0.2) is 9.84 Å². The Labute approximate surface area is 109 Å². The Morgan fingerprint density at radius 2 is 1.72 bits per heavy atom. The molecule has 1 N–H and O–H groups in total. The highest BCUT2D eigenvalue weighted by molar-refractivity contribution is 7.90. The van der Waals surface area contributed by atoms with Gasteiger partial charge in [-0.15, -0.1) is 0 Å². The fraction of sp³-hybridized carbons (Fsp3) is 0.538. The van der Waals surface area contributed by atoms with E-state index in [9.17, 15) is 8.42 Å². The van der Waals surface area contributed by atoms with Gasteiger partial charge in [-0.25, -0.2) is 8.42 Å². The maximum atomic E-state index is 11.3. The van der Waals surface area contributed by atoms with Gasteiger partial charge in [0, 0.05) is 18.3 Å². The molecule has 5 heteroatoms. The van der Waals surface area contributed by atoms with Gasteiger partial charge in [0.2, 0.25) is 0 Å². The molecule has 0 spiro atoms. The van der Waals surface area contributed by atoms with Crippen molar-refractivity contribution >= 4 is 9.84 Å². The standard InChI is InChI=1S/C13H21NO3S/c1-13(2,3)14-9-10-17-11-5-7-12(8-6-11)18(4,15)16/h5-8,14H,9-10H2,1-4H3. The number of ether oxygens (including phenoxy) is 1. The van der Waals surface area contributed by atoms with Crippen LogP contribution in [-0.2, 0) is 9.84 Å². The van der Waals surface area contributed by atoms with Crippen LogP contribution in [0, 0.1) is 0 Å². The summed E-state index contributed by atoms with van der Waals surface area (Å²) in [6.45, 7) is 7.57. The molecule has 0 aliphatic carbocycles. The van der Waals surface area contributed by atoms with Crippen molar-refractivity contribution in [2.75, 3.05) is 19.4 Å². The summed E-state index contributed by atoms with van der Waals surface area (Å²) >= 11 is 0. The van der Waals surface area contributed by atoms with Crippen LogP contribution in [0.15, 0.2) is 29.2 Å². The van der Waals surface area contributed by atoms with Crippen LogP contribution in [0.5, 0.6) is 5.75 Å². The number of hydrogen-bond acceptors (Lipinski definition) is 4. The van der Waals surface area contributed by atoms with Crippen LogP contribution in [0.4, 0.5) is 0 Å². The van der Waals surface area contributed by atoms with Gasteiger partial charge in [0.05, 0.1) is 4.90 Å². The van der Waals surface area contributed by atoms with Gasteiger partial charge in [-0.2, -0.15) is 0 Å². The van der Waals surface area contributed by atoms with E-state index in [1.165, 1.54) is 6.26 Å². The van der Waals surface area contributed by atoms with Gasteiger partial charge < -0.3 is 10.1 Å². The van der Waals surface area contributed by atoms with Crippen LogP contribution in [0.25, 0.3) is 0 Å². The van der Waals surface area contributed by atoms with Crippen molar-refractivity contribution in [1.29, 1.82) is 0 Å². The molecule has 0 heterocycles. The molecule has 1 aromatic rings. The lowest BCUT2D eigenvalue weighted by Crippen LogP contribution is -2.38. The van der Waals surface area contributed by atoms with E-state index in [1.54, 1.807) is 24.3 Å². The third-order valence-corrected chi connectivity index (χ3v) is 3.41. The van der Waals surface area contributed by atoms with Gasteiger partial charge in [-0.1, -0.05) is 0 Å². The second-order valence-corrected chi connectivity index (χ2v) is 7.28. The summed E-state index contributed by atoms with van der Waals surface area (Å²) in [5.74, 6) is 0.679. The molecule has 0 atom stereocenters. The van der Waals surface area contributed by atoms with Crippen molar-refractivity contribution < 1.29 is 13.2 Å². The Bertz CT molecular complexity index is 472. The molecule has 0 saturated carbocycles. The molecule has 18 heavy (non-hydrogen) atoms. The minimum Gasteiger partial charge on any atom is -0.492 e. The molecule has 0 fully saturated rings. The zero-order valence-electron chi connectivity index (χ0n) is 11.4. The summed E-state index contributed by atoms with van der Waals surface area (Å²) in [5.41, 5.74) is 0.0729. The first-order valence-corrected chi connectivity index (χ1v) is 7.75. The van der Waals surface area contributed by atoms with E-state index < -0.39 is 9.84 Å². The topological polar surface area (TPSA) is 55.4 Å². The highest BCUT2D eigenvalue weighted by Gasteiger charge is 2.08. The monoisotopic (exact) mass is 271 g/mol. The van der Waals surface area contributed by atoms with Crippen LogP contribution in [0.1, 0.15) is 20.8 Å². The van der Waals surface area contributed by atoms with E-state index >= 15 is 0 Å². The minimum absolute atomic E-state index is 0.0729. The van der Waals surface area contributed by atoms with Crippen molar-refractivity contribution in [2.24, 2.45) is 0 Å². The zero-order chi connectivity index (χ0) is 13.8. The molecule has 0 unspecified atom stereocenters. The van der Waals surface area contributed by atoms with Crippen molar-refractivity contribution in [3.05, 3.63) is 24.3 Å². The first kappa shape index (κ1) is 15.0. The molecule has 0 aliphatic rings. The summed E-state index contributed by atoms with van der Waals surface area (Å²) in [4.78, 5) is 0.308. The predicted octanol–water partition coefficient (Wildman–Crippen LogP) is 1.86. The first-order valence-electron chi connectivity index (χ1n) is 5.86. The second-order valence-electron chi connectivity index (χ2n) is 5.27. The molecule has 102 valence electrons. The molecule has 0 bridgehead atoms. The van der Waals surface area contributed by atoms with Gasteiger partial charge in [-0.05, 0) is 45.0 Å². The maximum absolute atomic E-state index is 11.3. The van der Waals surface area contributed by atoms with Gasteiger partial charge >= 0.3 is 0 Å². The van der Waals surface area contributed by atoms with Crippen molar-refractivity contribution in [3.8, 4) is 5.75 Å². The molecular weight excluding hydrogens is 250 g/mol. The van der Waals surface area contributed by atoms with E-state index in [0.29, 0.717) is 17.3 Å². The van der Waals surface area contributed by atoms with Crippen molar-refractivity contribution in [1.82, 2.24) is 5.32 Å². The third-order valence-electron chi connectivity index (χ3n) is 2.28. The SMILES string of the molecule is CC(C)(C)NCCOc1ccc(S(C)(=O)=O)cc1. The number of hydrogen-bond donors (Lipinski definition) is 1. The first-order chi connectivity index (χ1) is 8.18. The van der Waals surface area contributed by atoms with E-state index in [-0.39, 0.29) is 5.54 Å². The summed E-state index contributed by atoms with van der Waals surface area (Å²) in [6.07, 6.45) is 1.19. The van der Waals surface area contributed by atoms with Crippen LogP contribution in [-0.4, -0.2) is 33.4 Å². The summed E-state index contributed by atoms with van der Waals surface area (Å²) in [7, 11) is -3.13. The molecule has 4 nitrogen and oxygen atoms in total. The number of rotatable bonds is 5. The molecule has 1 aromatic carbocycles. The predicted molar refractivity (Wildman–Crippen MR) is 72.8 cm³/mol. The summed E-state index contributed by atoms with van der Waals surface area (Å²) in [6, 6.07) is 6.46. The number of sulfone groups is 1.